The average Bonchev–Trinajstić information content (AvgIpc) is 2.67. The third-order valence-corrected chi connectivity index (χ3v) is 3.95. The van der Waals surface area contributed by atoms with Crippen molar-refractivity contribution in [3.05, 3.63) is 65.7 Å². The van der Waals surface area contributed by atoms with Gasteiger partial charge in [0.15, 0.2) is 0 Å². The topological polar surface area (TPSA) is 78.9 Å². The molecule has 2 aromatic rings. The van der Waals surface area contributed by atoms with Crippen LogP contribution in [0.25, 0.3) is 0 Å². The summed E-state index contributed by atoms with van der Waals surface area (Å²) in [5, 5.41) is 12.1. The number of hydrogen-bond donors (Lipinski definition) is 2. The zero-order valence-corrected chi connectivity index (χ0v) is 12.5. The Labute approximate surface area is 133 Å². The van der Waals surface area contributed by atoms with E-state index in [1.807, 2.05) is 6.07 Å². The number of nitrogens with zero attached hydrogens (tertiary/aromatic N) is 1. The van der Waals surface area contributed by atoms with E-state index < -0.39 is 18.1 Å². The van der Waals surface area contributed by atoms with Gasteiger partial charge in [0, 0.05) is 7.05 Å². The largest absolute Gasteiger partial charge is 0.327 e. The van der Waals surface area contributed by atoms with Crippen LogP contribution in [0, 0.1) is 0 Å². The van der Waals surface area contributed by atoms with Gasteiger partial charge in [-0.2, -0.15) is 0 Å². The molecule has 118 valence electrons. The Morgan fingerprint density at radius 3 is 2.43 bits per heavy atom. The summed E-state index contributed by atoms with van der Waals surface area (Å²) < 4.78 is 0. The van der Waals surface area contributed by atoms with Crippen LogP contribution in [-0.4, -0.2) is 35.1 Å². The summed E-state index contributed by atoms with van der Waals surface area (Å²) in [6, 6.07) is 14.6. The zero-order valence-electron chi connectivity index (χ0n) is 12.5. The molecule has 6 nitrogen and oxygen atoms in total. The van der Waals surface area contributed by atoms with Crippen molar-refractivity contribution in [2.75, 3.05) is 12.4 Å². The van der Waals surface area contributed by atoms with E-state index in [-0.39, 0.29) is 5.91 Å². The molecule has 0 aromatic heterocycles. The van der Waals surface area contributed by atoms with Gasteiger partial charge in [-0.3, -0.25) is 14.8 Å². The molecule has 1 aliphatic rings. The molecule has 2 N–H and O–H groups in total. The van der Waals surface area contributed by atoms with Crippen molar-refractivity contribution in [3.63, 3.8) is 0 Å². The summed E-state index contributed by atoms with van der Waals surface area (Å²) in [6.45, 7) is 0. The molecule has 2 aromatic carbocycles. The fourth-order valence-corrected chi connectivity index (χ4v) is 2.76. The predicted octanol–water partition coefficient (Wildman–Crippen LogP) is 2.31. The van der Waals surface area contributed by atoms with Crippen molar-refractivity contribution < 1.29 is 19.7 Å². The Morgan fingerprint density at radius 2 is 1.74 bits per heavy atom. The number of hydrogen-bond acceptors (Lipinski definition) is 4. The highest BCUT2D eigenvalue weighted by Crippen LogP contribution is 2.30. The number of carbonyl (C=O) groups is 2. The molecule has 0 unspecified atom stereocenters. The van der Waals surface area contributed by atoms with Crippen LogP contribution in [0.4, 0.5) is 5.69 Å². The quantitative estimate of drug-likeness (QED) is 0.673. The van der Waals surface area contributed by atoms with Crippen LogP contribution in [0.1, 0.15) is 22.0 Å². The molecular formula is C17H16N2O4. The van der Waals surface area contributed by atoms with Crippen molar-refractivity contribution >= 4 is 17.5 Å². The number of benzene rings is 2. The van der Waals surface area contributed by atoms with E-state index in [1.54, 1.807) is 48.5 Å². The Hall–Kier alpha value is -2.70. The first-order chi connectivity index (χ1) is 11.1. The van der Waals surface area contributed by atoms with Crippen molar-refractivity contribution in [1.29, 1.82) is 0 Å². The van der Waals surface area contributed by atoms with E-state index in [2.05, 4.69) is 10.2 Å². The smallest absolute Gasteiger partial charge is 0.256 e. The molecule has 0 fully saturated rings. The Balaban J connectivity index is 2.03. The summed E-state index contributed by atoms with van der Waals surface area (Å²) in [4.78, 5) is 31.1. The maximum Gasteiger partial charge on any atom is 0.256 e. The highest BCUT2D eigenvalue weighted by molar-refractivity contribution is 6.09. The first-order valence-corrected chi connectivity index (χ1v) is 7.15. The third-order valence-electron chi connectivity index (χ3n) is 3.95. The van der Waals surface area contributed by atoms with E-state index in [9.17, 15) is 14.8 Å². The normalized spacial score (nSPS) is 18.9. The van der Waals surface area contributed by atoms with E-state index in [1.165, 1.54) is 11.9 Å². The number of fused-ring (bicyclic) bond motifs is 1. The van der Waals surface area contributed by atoms with Gasteiger partial charge in [-0.1, -0.05) is 42.5 Å². The van der Waals surface area contributed by atoms with E-state index in [0.29, 0.717) is 16.8 Å². The molecule has 2 amide bonds. The number of anilines is 1. The Morgan fingerprint density at radius 1 is 1.09 bits per heavy atom. The van der Waals surface area contributed by atoms with Crippen LogP contribution >= 0.6 is 0 Å². The van der Waals surface area contributed by atoms with Crippen molar-refractivity contribution in [1.82, 2.24) is 4.90 Å². The van der Waals surface area contributed by atoms with E-state index in [0.717, 1.165) is 0 Å². The molecule has 0 bridgehead atoms. The van der Waals surface area contributed by atoms with Crippen molar-refractivity contribution in [2.24, 2.45) is 0 Å². The van der Waals surface area contributed by atoms with Gasteiger partial charge in [-0.05, 0) is 17.7 Å². The van der Waals surface area contributed by atoms with Crippen LogP contribution in [0.15, 0.2) is 54.6 Å². The lowest BCUT2D eigenvalue weighted by Crippen LogP contribution is -2.47. The second kappa shape index (κ2) is 6.20. The zero-order chi connectivity index (χ0) is 16.4. The van der Waals surface area contributed by atoms with Gasteiger partial charge in [0.05, 0.1) is 11.3 Å². The minimum Gasteiger partial charge on any atom is -0.327 e. The number of nitrogens with one attached hydrogen (secondary N) is 1. The van der Waals surface area contributed by atoms with Gasteiger partial charge >= 0.3 is 0 Å². The maximum absolute atomic E-state index is 12.6. The monoisotopic (exact) mass is 312 g/mol. The standard InChI is InChI=1S/C17H16N2O4/c1-19-14(15(23-22)11-7-3-2-4-8-11)16(20)18-13-10-6-5-9-12(13)17(19)21/h2-10,14-15,22H,1H3,(H,18,20)/t14-,15+/m1/s1. The van der Waals surface area contributed by atoms with Gasteiger partial charge in [0.25, 0.3) is 5.91 Å². The molecule has 0 aliphatic carbocycles. The van der Waals surface area contributed by atoms with Crippen LogP contribution in [0.5, 0.6) is 0 Å². The Bertz CT molecular complexity index is 732. The molecule has 2 atom stereocenters. The highest BCUT2D eigenvalue weighted by Gasteiger charge is 2.40. The van der Waals surface area contributed by atoms with Gasteiger partial charge < -0.3 is 10.2 Å². The second-order valence-corrected chi connectivity index (χ2v) is 5.33. The molecule has 23 heavy (non-hydrogen) atoms. The number of amides is 2. The lowest BCUT2D eigenvalue weighted by molar-refractivity contribution is -0.289. The summed E-state index contributed by atoms with van der Waals surface area (Å²) in [6.07, 6.45) is -0.987. The number of carbonyl (C=O) groups excluding carboxylic acids is 2. The fourth-order valence-electron chi connectivity index (χ4n) is 2.76. The van der Waals surface area contributed by atoms with Crippen LogP contribution in [0.3, 0.4) is 0 Å². The second-order valence-electron chi connectivity index (χ2n) is 5.33. The van der Waals surface area contributed by atoms with E-state index in [4.69, 9.17) is 0 Å². The predicted molar refractivity (Wildman–Crippen MR) is 83.9 cm³/mol. The van der Waals surface area contributed by atoms with Crippen LogP contribution < -0.4 is 5.32 Å². The number of para-hydroxylation sites is 1. The summed E-state index contributed by atoms with van der Waals surface area (Å²) >= 11 is 0. The molecular weight excluding hydrogens is 296 g/mol. The van der Waals surface area contributed by atoms with Gasteiger partial charge in [0.2, 0.25) is 5.91 Å². The molecule has 1 aliphatic heterocycles. The average molecular weight is 312 g/mol. The molecule has 1 heterocycles. The number of likely N-dealkylation sites (N-methyl/N-ethyl adjacent to an activating group) is 1. The minimum atomic E-state index is -0.998. The Kier molecular flexibility index (Phi) is 4.10. The van der Waals surface area contributed by atoms with Crippen LogP contribution in [-0.2, 0) is 9.68 Å². The SMILES string of the molecule is CN1C(=O)c2ccccc2NC(=O)[C@H]1[C@@H](OO)c1ccccc1. The fraction of sp³-hybridized carbons (Fsp3) is 0.176. The van der Waals surface area contributed by atoms with Gasteiger partial charge in [-0.15, -0.1) is 0 Å². The van der Waals surface area contributed by atoms with Crippen molar-refractivity contribution in [2.45, 2.75) is 12.1 Å². The van der Waals surface area contributed by atoms with Crippen molar-refractivity contribution in [3.8, 4) is 0 Å². The first-order valence-electron chi connectivity index (χ1n) is 7.15. The molecule has 6 heteroatoms. The first kappa shape index (κ1) is 15.2. The lowest BCUT2D eigenvalue weighted by atomic mass is 10.0. The molecule has 0 spiro atoms. The van der Waals surface area contributed by atoms with Crippen LogP contribution in [0.2, 0.25) is 0 Å². The minimum absolute atomic E-state index is 0.318. The van der Waals surface area contributed by atoms with Gasteiger partial charge in [-0.25, -0.2) is 4.89 Å². The highest BCUT2D eigenvalue weighted by atomic mass is 17.1. The van der Waals surface area contributed by atoms with E-state index >= 15 is 0 Å². The third kappa shape index (κ3) is 2.69. The summed E-state index contributed by atoms with van der Waals surface area (Å²) in [5.74, 6) is -0.740. The van der Waals surface area contributed by atoms with Gasteiger partial charge in [0.1, 0.15) is 12.1 Å². The molecule has 0 saturated heterocycles. The maximum atomic E-state index is 12.6. The molecule has 0 saturated carbocycles. The summed E-state index contributed by atoms with van der Waals surface area (Å²) in [7, 11) is 1.52. The molecule has 0 radical (unpaired) electrons. The lowest BCUT2D eigenvalue weighted by Gasteiger charge is -2.29. The molecule has 3 rings (SSSR count). The summed E-state index contributed by atoms with van der Waals surface area (Å²) in [5.41, 5.74) is 1.44. The number of rotatable bonds is 3.